The Morgan fingerprint density at radius 3 is 2.58 bits per heavy atom. The van der Waals surface area contributed by atoms with Gasteiger partial charge in [0.1, 0.15) is 5.75 Å². The molecule has 0 unspecified atom stereocenters. The molecule has 8 heteroatoms. The van der Waals surface area contributed by atoms with Crippen LogP contribution in [0.3, 0.4) is 0 Å². The van der Waals surface area contributed by atoms with Crippen molar-refractivity contribution in [2.24, 2.45) is 0 Å². The van der Waals surface area contributed by atoms with Crippen LogP contribution in [-0.4, -0.2) is 42.5 Å². The van der Waals surface area contributed by atoms with E-state index < -0.39 is 0 Å². The topological polar surface area (TPSA) is 70.7 Å². The van der Waals surface area contributed by atoms with Gasteiger partial charge in [-0.25, -0.2) is 0 Å². The van der Waals surface area contributed by atoms with E-state index in [1.807, 2.05) is 24.3 Å². The highest BCUT2D eigenvalue weighted by Gasteiger charge is 2.12. The molecule has 0 aliphatic heterocycles. The molecule has 2 N–H and O–H groups in total. The molecule has 2 rings (SSSR count). The van der Waals surface area contributed by atoms with Crippen molar-refractivity contribution in [3.63, 3.8) is 0 Å². The van der Waals surface area contributed by atoms with E-state index in [0.717, 1.165) is 28.6 Å². The average molecular weight is 535 g/mol. The minimum atomic E-state index is -0.310. The number of carbonyl (C=O) groups excluding carboxylic acids is 2. The van der Waals surface area contributed by atoms with Crippen LogP contribution in [-0.2, 0) is 11.2 Å². The van der Waals surface area contributed by atoms with Gasteiger partial charge in [0.05, 0.1) is 11.1 Å². The molecule has 6 nitrogen and oxygen atoms in total. The molecule has 2 aromatic rings. The Hall–Kier alpha value is -2.45. The summed E-state index contributed by atoms with van der Waals surface area (Å²) in [5.41, 5.74) is 2.24. The lowest BCUT2D eigenvalue weighted by Gasteiger charge is -2.13. The molecular weight excluding hydrogens is 502 g/mol. The highest BCUT2D eigenvalue weighted by Crippen LogP contribution is 2.26. The number of nitrogens with zero attached hydrogens (tertiary/aromatic N) is 1. The number of thiocarbonyl (C=S) groups is 1. The SMILES string of the molecule is CCCCCCOc1ccc(C(=O)NC(=S)Nc2cccc(CCC(=O)N(C)C)c2)cc1Br. The highest BCUT2D eigenvalue weighted by molar-refractivity contribution is 9.10. The average Bonchev–Trinajstić information content (AvgIpc) is 2.78. The third-order valence-electron chi connectivity index (χ3n) is 4.99. The lowest BCUT2D eigenvalue weighted by molar-refractivity contribution is -0.128. The van der Waals surface area contributed by atoms with Crippen molar-refractivity contribution in [3.05, 3.63) is 58.1 Å². The van der Waals surface area contributed by atoms with Crippen LogP contribution in [0.15, 0.2) is 46.9 Å². The number of anilines is 1. The number of halogens is 1. The van der Waals surface area contributed by atoms with Crippen LogP contribution in [0.25, 0.3) is 0 Å². The van der Waals surface area contributed by atoms with E-state index in [0.29, 0.717) is 30.8 Å². The van der Waals surface area contributed by atoms with Crippen LogP contribution in [0.1, 0.15) is 54.9 Å². The second-order valence-electron chi connectivity index (χ2n) is 7.95. The summed E-state index contributed by atoms with van der Waals surface area (Å²) in [6.07, 6.45) is 5.62. The molecule has 0 atom stereocenters. The molecule has 0 fully saturated rings. The monoisotopic (exact) mass is 533 g/mol. The maximum atomic E-state index is 12.6. The standard InChI is InChI=1S/C25H32BrN3O3S/c1-4-5-6-7-15-32-22-13-12-19(17-21(22)26)24(31)28-25(33)27-20-10-8-9-18(16-20)11-14-23(30)29(2)3/h8-10,12-13,16-17H,4-7,11,14-15H2,1-3H3,(H2,27,28,31,33). The number of unbranched alkanes of at least 4 members (excludes halogenated alkanes) is 3. The first-order valence-corrected chi connectivity index (χ1v) is 12.3. The molecular formula is C25H32BrN3O3S. The van der Waals surface area contributed by atoms with E-state index >= 15 is 0 Å². The third kappa shape index (κ3) is 9.52. The predicted octanol–water partition coefficient (Wildman–Crippen LogP) is 5.56. The van der Waals surface area contributed by atoms with Gasteiger partial charge in [-0.2, -0.15) is 0 Å². The van der Waals surface area contributed by atoms with Crippen LogP contribution in [0.5, 0.6) is 5.75 Å². The van der Waals surface area contributed by atoms with E-state index in [1.54, 1.807) is 37.2 Å². The molecule has 33 heavy (non-hydrogen) atoms. The van der Waals surface area contributed by atoms with Gasteiger partial charge in [-0.05, 0) is 76.9 Å². The minimum Gasteiger partial charge on any atom is -0.492 e. The summed E-state index contributed by atoms with van der Waals surface area (Å²) in [5.74, 6) is 0.485. The van der Waals surface area contributed by atoms with Gasteiger partial charge in [0, 0.05) is 31.8 Å². The minimum absolute atomic E-state index is 0.0789. The van der Waals surface area contributed by atoms with Gasteiger partial charge in [0.2, 0.25) is 5.91 Å². The Bertz CT molecular complexity index is 966. The van der Waals surface area contributed by atoms with Crippen molar-refractivity contribution in [2.45, 2.75) is 45.4 Å². The Morgan fingerprint density at radius 2 is 1.88 bits per heavy atom. The largest absolute Gasteiger partial charge is 0.492 e. The van der Waals surface area contributed by atoms with E-state index in [4.69, 9.17) is 17.0 Å². The fraction of sp³-hybridized carbons (Fsp3) is 0.400. The third-order valence-corrected chi connectivity index (χ3v) is 5.81. The predicted molar refractivity (Wildman–Crippen MR) is 141 cm³/mol. The summed E-state index contributed by atoms with van der Waals surface area (Å²) < 4.78 is 6.52. The fourth-order valence-corrected chi connectivity index (χ4v) is 3.79. The first kappa shape index (κ1) is 26.8. The first-order valence-electron chi connectivity index (χ1n) is 11.1. The Balaban J connectivity index is 1.87. The van der Waals surface area contributed by atoms with Gasteiger partial charge in [-0.1, -0.05) is 38.3 Å². The van der Waals surface area contributed by atoms with Crippen molar-refractivity contribution in [1.82, 2.24) is 10.2 Å². The molecule has 0 aliphatic carbocycles. The van der Waals surface area contributed by atoms with Crippen molar-refractivity contribution >= 4 is 50.8 Å². The Labute approximate surface area is 210 Å². The van der Waals surface area contributed by atoms with Gasteiger partial charge in [0.25, 0.3) is 5.91 Å². The molecule has 2 aromatic carbocycles. The van der Waals surface area contributed by atoms with Gasteiger partial charge in [0.15, 0.2) is 5.11 Å². The van der Waals surface area contributed by atoms with Crippen molar-refractivity contribution < 1.29 is 14.3 Å². The molecule has 0 aliphatic rings. The zero-order valence-electron chi connectivity index (χ0n) is 19.4. The van der Waals surface area contributed by atoms with Crippen LogP contribution in [0.4, 0.5) is 5.69 Å². The number of ether oxygens (including phenoxy) is 1. The number of rotatable bonds is 11. The summed E-state index contributed by atoms with van der Waals surface area (Å²) in [4.78, 5) is 26.0. The summed E-state index contributed by atoms with van der Waals surface area (Å²) in [6.45, 7) is 2.83. The molecule has 0 saturated carbocycles. The van der Waals surface area contributed by atoms with Crippen LogP contribution in [0, 0.1) is 0 Å². The maximum Gasteiger partial charge on any atom is 0.257 e. The quantitative estimate of drug-likeness (QED) is 0.292. The molecule has 0 aromatic heterocycles. The van der Waals surface area contributed by atoms with E-state index in [2.05, 4.69) is 33.5 Å². The summed E-state index contributed by atoms with van der Waals surface area (Å²) in [6, 6.07) is 12.9. The van der Waals surface area contributed by atoms with E-state index in [9.17, 15) is 9.59 Å². The molecule has 2 amide bonds. The lowest BCUT2D eigenvalue weighted by Crippen LogP contribution is -2.34. The number of nitrogens with one attached hydrogen (secondary N) is 2. The molecule has 0 saturated heterocycles. The van der Waals surface area contributed by atoms with Gasteiger partial charge >= 0.3 is 0 Å². The van der Waals surface area contributed by atoms with Crippen molar-refractivity contribution in [3.8, 4) is 5.75 Å². The lowest BCUT2D eigenvalue weighted by atomic mass is 10.1. The smallest absolute Gasteiger partial charge is 0.257 e. The first-order chi connectivity index (χ1) is 15.8. The van der Waals surface area contributed by atoms with Gasteiger partial charge < -0.3 is 15.0 Å². The van der Waals surface area contributed by atoms with Crippen LogP contribution >= 0.6 is 28.1 Å². The number of aryl methyl sites for hydroxylation is 1. The van der Waals surface area contributed by atoms with Crippen LogP contribution in [0.2, 0.25) is 0 Å². The second-order valence-corrected chi connectivity index (χ2v) is 9.21. The Morgan fingerprint density at radius 1 is 1.09 bits per heavy atom. The van der Waals surface area contributed by atoms with E-state index in [-0.39, 0.29) is 16.9 Å². The van der Waals surface area contributed by atoms with Crippen LogP contribution < -0.4 is 15.4 Å². The number of benzene rings is 2. The van der Waals surface area contributed by atoms with Gasteiger partial charge in [-0.3, -0.25) is 14.9 Å². The van der Waals surface area contributed by atoms with Crippen molar-refractivity contribution in [1.29, 1.82) is 0 Å². The summed E-state index contributed by atoms with van der Waals surface area (Å²) >= 11 is 8.79. The number of carbonyl (C=O) groups is 2. The number of hydrogen-bond donors (Lipinski definition) is 2. The highest BCUT2D eigenvalue weighted by atomic mass is 79.9. The molecule has 0 heterocycles. The molecule has 0 radical (unpaired) electrons. The second kappa shape index (κ2) is 14.0. The zero-order chi connectivity index (χ0) is 24.2. The maximum absolute atomic E-state index is 12.6. The number of amides is 2. The molecule has 0 bridgehead atoms. The fourth-order valence-electron chi connectivity index (χ4n) is 3.09. The number of hydrogen-bond acceptors (Lipinski definition) is 4. The Kier molecular flexibility index (Phi) is 11.3. The summed E-state index contributed by atoms with van der Waals surface area (Å²) in [7, 11) is 3.49. The van der Waals surface area contributed by atoms with E-state index in [1.165, 1.54) is 12.8 Å². The van der Waals surface area contributed by atoms with Crippen molar-refractivity contribution in [2.75, 3.05) is 26.0 Å². The molecule has 178 valence electrons. The normalized spacial score (nSPS) is 10.4. The van der Waals surface area contributed by atoms with Gasteiger partial charge in [-0.15, -0.1) is 0 Å². The molecule has 0 spiro atoms. The zero-order valence-corrected chi connectivity index (χ0v) is 21.9. The summed E-state index contributed by atoms with van der Waals surface area (Å²) in [5, 5.41) is 5.94.